The van der Waals surface area contributed by atoms with Crippen molar-refractivity contribution >= 4 is 23.3 Å². The van der Waals surface area contributed by atoms with Crippen molar-refractivity contribution in [2.24, 2.45) is 0 Å². The van der Waals surface area contributed by atoms with Crippen molar-refractivity contribution < 1.29 is 9.72 Å². The normalized spacial score (nSPS) is 12.2. The summed E-state index contributed by atoms with van der Waals surface area (Å²) in [6, 6.07) is 0.881. The van der Waals surface area contributed by atoms with E-state index in [1.165, 1.54) is 10.7 Å². The van der Waals surface area contributed by atoms with Crippen LogP contribution in [0.2, 0.25) is 5.02 Å². The lowest BCUT2D eigenvalue weighted by molar-refractivity contribution is -0.389. The molecule has 0 radical (unpaired) electrons. The fraction of sp³-hybridized carbons (Fsp3) is 0.500. The molecule has 130 valence electrons. The second-order valence-corrected chi connectivity index (χ2v) is 5.90. The maximum absolute atomic E-state index is 12.3. The molecule has 0 saturated heterocycles. The van der Waals surface area contributed by atoms with Gasteiger partial charge in [-0.1, -0.05) is 11.6 Å². The number of rotatable bonds is 6. The van der Waals surface area contributed by atoms with Gasteiger partial charge < -0.3 is 15.4 Å². The fourth-order valence-electron chi connectivity index (χ4n) is 2.37. The molecular formula is C14H19ClN6O3. The Labute approximate surface area is 143 Å². The molecule has 0 aromatic carbocycles. The first-order chi connectivity index (χ1) is 11.2. The third-order valence-electron chi connectivity index (χ3n) is 3.76. The highest BCUT2D eigenvalue weighted by Gasteiger charge is 2.21. The van der Waals surface area contributed by atoms with E-state index in [0.717, 1.165) is 5.69 Å². The van der Waals surface area contributed by atoms with Crippen molar-refractivity contribution in [3.63, 3.8) is 0 Å². The van der Waals surface area contributed by atoms with E-state index < -0.39 is 11.0 Å². The van der Waals surface area contributed by atoms with Crippen molar-refractivity contribution in [3.8, 4) is 0 Å². The van der Waals surface area contributed by atoms with Gasteiger partial charge in [-0.25, -0.2) is 0 Å². The summed E-state index contributed by atoms with van der Waals surface area (Å²) in [6.45, 7) is 7.69. The zero-order chi connectivity index (χ0) is 18.0. The van der Waals surface area contributed by atoms with Crippen molar-refractivity contribution in [1.29, 1.82) is 0 Å². The highest BCUT2D eigenvalue weighted by Crippen LogP contribution is 2.22. The number of aryl methyl sites for hydroxylation is 2. The van der Waals surface area contributed by atoms with Crippen molar-refractivity contribution in [2.75, 3.05) is 6.54 Å². The fourth-order valence-corrected chi connectivity index (χ4v) is 2.50. The molecule has 24 heavy (non-hydrogen) atoms. The van der Waals surface area contributed by atoms with Crippen molar-refractivity contribution in [2.45, 2.75) is 40.3 Å². The summed E-state index contributed by atoms with van der Waals surface area (Å²) in [5.74, 6) is -0.416. The number of carbonyl (C=O) groups excluding carboxylic acids is 1. The molecule has 1 unspecified atom stereocenters. The molecule has 2 heterocycles. The van der Waals surface area contributed by atoms with Crippen molar-refractivity contribution in [1.82, 2.24) is 24.9 Å². The maximum atomic E-state index is 12.3. The van der Waals surface area contributed by atoms with Crippen LogP contribution >= 0.6 is 11.6 Å². The summed E-state index contributed by atoms with van der Waals surface area (Å²) in [5, 5.41) is 22.2. The maximum Gasteiger partial charge on any atom is 0.390 e. The molecule has 0 aliphatic rings. The topological polar surface area (TPSA) is 108 Å². The van der Waals surface area contributed by atoms with E-state index in [9.17, 15) is 14.9 Å². The Morgan fingerprint density at radius 2 is 2.08 bits per heavy atom. The second-order valence-electron chi connectivity index (χ2n) is 5.52. The summed E-state index contributed by atoms with van der Waals surface area (Å²) in [7, 11) is 0. The number of nitrogens with zero attached hydrogens (tertiary/aromatic N) is 5. The molecule has 2 aromatic heterocycles. The third kappa shape index (κ3) is 3.56. The number of aromatic nitrogens is 4. The van der Waals surface area contributed by atoms with Gasteiger partial charge in [0.25, 0.3) is 0 Å². The quantitative estimate of drug-likeness (QED) is 0.630. The summed E-state index contributed by atoms with van der Waals surface area (Å²) >= 11 is 6.10. The van der Waals surface area contributed by atoms with E-state index in [1.54, 1.807) is 32.4 Å². The van der Waals surface area contributed by atoms with Gasteiger partial charge in [0.2, 0.25) is 5.91 Å². The highest BCUT2D eigenvalue weighted by molar-refractivity contribution is 6.31. The molecule has 1 amide bonds. The van der Waals surface area contributed by atoms with Gasteiger partial charge in [0, 0.05) is 6.54 Å². The zero-order valence-electron chi connectivity index (χ0n) is 13.9. The van der Waals surface area contributed by atoms with E-state index in [1.807, 2.05) is 0 Å². The number of amides is 1. The Balaban J connectivity index is 1.95. The molecule has 9 nitrogen and oxygen atoms in total. The molecule has 2 rings (SSSR count). The summed E-state index contributed by atoms with van der Waals surface area (Å²) in [5.41, 5.74) is 2.07. The Hall–Kier alpha value is -2.42. The molecule has 10 heteroatoms. The molecular weight excluding hydrogens is 336 g/mol. The lowest BCUT2D eigenvalue weighted by Gasteiger charge is -2.14. The number of halogens is 1. The van der Waals surface area contributed by atoms with Gasteiger partial charge in [0.05, 0.1) is 39.8 Å². The first-order valence-corrected chi connectivity index (χ1v) is 7.78. The standard InChI is InChI=1S/C14H19ClN6O3/c1-8-7-12(21(23)24)18-19(8)6-5-16-14(22)11(4)20-10(3)13(15)9(2)17-20/h7,11H,5-6H2,1-4H3,(H,16,22). The Morgan fingerprint density at radius 3 is 2.58 bits per heavy atom. The molecule has 0 aliphatic carbocycles. The first kappa shape index (κ1) is 17.9. The molecule has 0 aliphatic heterocycles. The van der Waals surface area contributed by atoms with Crippen LogP contribution in [0.1, 0.15) is 30.0 Å². The van der Waals surface area contributed by atoms with E-state index in [4.69, 9.17) is 11.6 Å². The van der Waals surface area contributed by atoms with Gasteiger partial charge in [-0.05, 0) is 32.6 Å². The number of hydrogen-bond donors (Lipinski definition) is 1. The van der Waals surface area contributed by atoms with Crippen LogP contribution in [-0.2, 0) is 11.3 Å². The minimum Gasteiger partial charge on any atom is -0.358 e. The van der Waals surface area contributed by atoms with Crippen LogP contribution in [0, 0.1) is 30.9 Å². The van der Waals surface area contributed by atoms with Gasteiger partial charge in [-0.3, -0.25) is 9.48 Å². The Kier molecular flexibility index (Phi) is 5.23. The zero-order valence-corrected chi connectivity index (χ0v) is 14.7. The van der Waals surface area contributed by atoms with E-state index >= 15 is 0 Å². The predicted octanol–water partition coefficient (Wildman–Crippen LogP) is 1.94. The lowest BCUT2D eigenvalue weighted by Crippen LogP contribution is -2.34. The molecule has 0 bridgehead atoms. The minimum absolute atomic E-state index is 0.204. The summed E-state index contributed by atoms with van der Waals surface area (Å²) < 4.78 is 3.07. The second kappa shape index (κ2) is 7.00. The summed E-state index contributed by atoms with van der Waals surface area (Å²) in [6.07, 6.45) is 0. The van der Waals surface area contributed by atoms with Crippen LogP contribution < -0.4 is 5.32 Å². The molecule has 0 saturated carbocycles. The number of carbonyl (C=O) groups is 1. The van der Waals surface area contributed by atoms with Crippen LogP contribution in [0.3, 0.4) is 0 Å². The number of nitrogens with one attached hydrogen (secondary N) is 1. The van der Waals surface area contributed by atoms with Crippen LogP contribution in [-0.4, -0.2) is 36.9 Å². The molecule has 1 atom stereocenters. The molecule has 1 N–H and O–H groups in total. The van der Waals surface area contributed by atoms with Gasteiger partial charge in [0.1, 0.15) is 6.04 Å². The summed E-state index contributed by atoms with van der Waals surface area (Å²) in [4.78, 5) is 22.4. The van der Waals surface area contributed by atoms with E-state index in [0.29, 0.717) is 29.5 Å². The monoisotopic (exact) mass is 354 g/mol. The van der Waals surface area contributed by atoms with E-state index in [-0.39, 0.29) is 11.7 Å². The Morgan fingerprint density at radius 1 is 1.42 bits per heavy atom. The first-order valence-electron chi connectivity index (χ1n) is 7.40. The highest BCUT2D eigenvalue weighted by atomic mass is 35.5. The Bertz CT molecular complexity index is 782. The largest absolute Gasteiger partial charge is 0.390 e. The van der Waals surface area contributed by atoms with E-state index in [2.05, 4.69) is 15.5 Å². The minimum atomic E-state index is -0.545. The van der Waals surface area contributed by atoms with Crippen molar-refractivity contribution in [3.05, 3.63) is 38.3 Å². The third-order valence-corrected chi connectivity index (χ3v) is 4.31. The van der Waals surface area contributed by atoms with Crippen LogP contribution in [0.15, 0.2) is 6.07 Å². The lowest BCUT2D eigenvalue weighted by atomic mass is 10.3. The average molecular weight is 355 g/mol. The van der Waals surface area contributed by atoms with Gasteiger partial charge in [-0.15, -0.1) is 0 Å². The average Bonchev–Trinajstić information content (AvgIpc) is 3.02. The molecule has 0 spiro atoms. The molecule has 2 aromatic rings. The smallest absolute Gasteiger partial charge is 0.358 e. The van der Waals surface area contributed by atoms with Gasteiger partial charge in [-0.2, -0.15) is 9.78 Å². The van der Waals surface area contributed by atoms with Gasteiger partial charge in [0.15, 0.2) is 0 Å². The number of hydrogen-bond acceptors (Lipinski definition) is 5. The predicted molar refractivity (Wildman–Crippen MR) is 88.1 cm³/mol. The van der Waals surface area contributed by atoms with Crippen LogP contribution in [0.5, 0.6) is 0 Å². The van der Waals surface area contributed by atoms with Gasteiger partial charge >= 0.3 is 5.82 Å². The SMILES string of the molecule is Cc1nn(C(C)C(=O)NCCn2nc([N+](=O)[O-])cc2C)c(C)c1Cl. The number of nitro groups is 1. The molecule has 0 fully saturated rings. The van der Waals surface area contributed by atoms with Crippen LogP contribution in [0.4, 0.5) is 5.82 Å². The van der Waals surface area contributed by atoms with Crippen LogP contribution in [0.25, 0.3) is 0 Å².